The minimum absolute atomic E-state index is 0. The number of hydrogen-bond acceptors (Lipinski definition) is 0. The average molecular weight is 337 g/mol. The fourth-order valence-electron chi connectivity index (χ4n) is 0. The van der Waals surface area contributed by atoms with Crippen molar-refractivity contribution in [2.45, 2.75) is 0 Å². The third kappa shape index (κ3) is 647. The summed E-state index contributed by atoms with van der Waals surface area (Å²) in [6.45, 7) is 0. The molecule has 0 heterocycles. The van der Waals surface area contributed by atoms with Crippen LogP contribution in [-0.4, -0.2) is 38.3 Å². The van der Waals surface area contributed by atoms with Crippen LogP contribution < -0.4 is 0 Å². The molecule has 11 heavy (non-hydrogen) atoms. The Morgan fingerprint density at radius 1 is 0.273 bits per heavy atom. The minimum Gasteiger partial charge on any atom is -0.412 e. The zero-order chi connectivity index (χ0) is 0. The van der Waals surface area contributed by atoms with Crippen molar-refractivity contribution in [1.29, 1.82) is 0 Å². The smallest absolute Gasteiger partial charge is 0 e. The molecule has 0 aliphatic heterocycles. The van der Waals surface area contributed by atoms with E-state index in [-0.39, 0.29) is 95.0 Å². The van der Waals surface area contributed by atoms with Crippen LogP contribution in [0.3, 0.4) is 0 Å². The van der Waals surface area contributed by atoms with Gasteiger partial charge in [0, 0.05) is 19.5 Å². The molecule has 0 aromatic heterocycles. The van der Waals surface area contributed by atoms with Gasteiger partial charge in [-0.15, -0.1) is 37.2 Å². The molecule has 0 bridgehead atoms. The van der Waals surface area contributed by atoms with Crippen LogP contribution in [0.2, 0.25) is 0 Å². The molecule has 0 radical (unpaired) electrons. The molecule has 0 amide bonds. The van der Waals surface area contributed by atoms with E-state index in [1.807, 2.05) is 0 Å². The monoisotopic (exact) mass is 336 g/mol. The summed E-state index contributed by atoms with van der Waals surface area (Å²) in [4.78, 5) is 0. The van der Waals surface area contributed by atoms with Gasteiger partial charge in [0.15, 0.2) is 0 Å². The van der Waals surface area contributed by atoms with Crippen molar-refractivity contribution in [2.75, 3.05) is 0 Å². The van der Waals surface area contributed by atoms with E-state index in [4.69, 9.17) is 0 Å². The zero-order valence-corrected chi connectivity index (χ0v) is 9.27. The van der Waals surface area contributed by atoms with Crippen molar-refractivity contribution < 1.29 is 57.8 Å². The van der Waals surface area contributed by atoms with Crippen LogP contribution in [0.15, 0.2) is 0 Å². The molecule has 0 saturated carbocycles. The third-order valence-electron chi connectivity index (χ3n) is 0. The van der Waals surface area contributed by atoms with Crippen LogP contribution in [0.4, 0.5) is 0 Å². The maximum Gasteiger partial charge on any atom is 0 e. The van der Waals surface area contributed by atoms with Gasteiger partial charge in [-0.25, -0.2) is 0 Å². The zero-order valence-electron chi connectivity index (χ0n) is 5.08. The molecule has 0 rings (SSSR count). The Kier molecular flexibility index (Phi) is 75300. The molecule has 7 nitrogen and oxygen atoms in total. The van der Waals surface area contributed by atoms with Gasteiger partial charge in [0.1, 0.15) is 0 Å². The first-order chi connectivity index (χ1) is 0. The first-order valence-electron chi connectivity index (χ1n) is 0. The molecule has 0 aromatic rings. The maximum atomic E-state index is 0. The van der Waals surface area contributed by atoms with Crippen molar-refractivity contribution in [3.05, 3.63) is 0 Å². The molecule has 14 N–H and O–H groups in total. The molecule has 0 spiro atoms. The quantitative estimate of drug-likeness (QED) is 0.381. The van der Waals surface area contributed by atoms with Crippen LogP contribution in [0.1, 0.15) is 0 Å². The van der Waals surface area contributed by atoms with Gasteiger partial charge < -0.3 is 38.3 Å². The van der Waals surface area contributed by atoms with Crippen molar-refractivity contribution in [2.24, 2.45) is 0 Å². The largest absolute Gasteiger partial charge is 0.412 e. The molecular weight excluding hydrogens is 319 g/mol. The summed E-state index contributed by atoms with van der Waals surface area (Å²) in [5.41, 5.74) is 0. The van der Waals surface area contributed by atoms with Crippen LogP contribution >= 0.6 is 37.2 Å². The summed E-state index contributed by atoms with van der Waals surface area (Å²) in [5, 5.41) is 0. The van der Waals surface area contributed by atoms with E-state index in [1.165, 1.54) is 0 Å². The topological polar surface area (TPSA) is 220 Å². The summed E-state index contributed by atoms with van der Waals surface area (Å²) in [7, 11) is 0. The predicted molar refractivity (Wildman–Crippen MR) is 47.0 cm³/mol. The number of hydrogen-bond donors (Lipinski definition) is 0. The molecule has 0 saturated heterocycles. The SMILES string of the molecule is Cl.Cl.Cl.O.O.O.O.O.O.O.[Ru]. The Bertz CT molecular complexity index is 13.6. The second-order valence-electron chi connectivity index (χ2n) is 0. The second-order valence-corrected chi connectivity index (χ2v) is 0. The Labute approximate surface area is 95.1 Å². The van der Waals surface area contributed by atoms with Gasteiger partial charge in [-0.3, -0.25) is 0 Å². The molecule has 0 aliphatic rings. The molecule has 11 heteroatoms. The van der Waals surface area contributed by atoms with Gasteiger partial charge in [-0.05, 0) is 0 Å². The van der Waals surface area contributed by atoms with E-state index >= 15 is 0 Å². The standard InChI is InChI=1S/3ClH.7H2O.Ru/h3*1H;7*1H2;. The van der Waals surface area contributed by atoms with Crippen molar-refractivity contribution >= 4 is 37.2 Å². The van der Waals surface area contributed by atoms with Crippen molar-refractivity contribution in [1.82, 2.24) is 0 Å². The minimum atomic E-state index is 0. The molecule has 0 aliphatic carbocycles. The summed E-state index contributed by atoms with van der Waals surface area (Å²) in [6.07, 6.45) is 0. The fraction of sp³-hybridized carbons (Fsp3) is 0. The van der Waals surface area contributed by atoms with E-state index in [1.54, 1.807) is 0 Å². The van der Waals surface area contributed by atoms with Crippen molar-refractivity contribution in [3.63, 3.8) is 0 Å². The normalized spacial score (nSPS) is 0. The van der Waals surface area contributed by atoms with Crippen LogP contribution in [0.5, 0.6) is 0 Å². The van der Waals surface area contributed by atoms with Gasteiger partial charge >= 0.3 is 0 Å². The van der Waals surface area contributed by atoms with E-state index in [2.05, 4.69) is 0 Å². The molecule has 0 atom stereocenters. The van der Waals surface area contributed by atoms with Gasteiger partial charge in [-0.2, -0.15) is 0 Å². The van der Waals surface area contributed by atoms with Gasteiger partial charge in [-0.1, -0.05) is 0 Å². The van der Waals surface area contributed by atoms with Gasteiger partial charge in [0.25, 0.3) is 0 Å². The molecule has 0 fully saturated rings. The average Bonchev–Trinajstić information content (AvgIpc) is 0. The molecule has 0 aromatic carbocycles. The van der Waals surface area contributed by atoms with Crippen LogP contribution in [0, 0.1) is 0 Å². The maximum absolute atomic E-state index is 0. The van der Waals surface area contributed by atoms with Crippen molar-refractivity contribution in [3.8, 4) is 0 Å². The first kappa shape index (κ1) is 1040. The Morgan fingerprint density at radius 3 is 0.273 bits per heavy atom. The second kappa shape index (κ2) is 794. The third-order valence-corrected chi connectivity index (χ3v) is 0. The Hall–Kier alpha value is 1.21. The van der Waals surface area contributed by atoms with E-state index in [0.29, 0.717) is 0 Å². The Morgan fingerprint density at radius 2 is 0.273 bits per heavy atom. The van der Waals surface area contributed by atoms with E-state index in [9.17, 15) is 0 Å². The van der Waals surface area contributed by atoms with E-state index < -0.39 is 0 Å². The van der Waals surface area contributed by atoms with Crippen LogP contribution in [0.25, 0.3) is 0 Å². The van der Waals surface area contributed by atoms with Gasteiger partial charge in [0.05, 0.1) is 0 Å². The first-order valence-corrected chi connectivity index (χ1v) is 0. The van der Waals surface area contributed by atoms with Crippen LogP contribution in [-0.2, 0) is 19.5 Å². The Balaban J connectivity index is 0. The summed E-state index contributed by atoms with van der Waals surface area (Å²) < 4.78 is 0. The fourth-order valence-corrected chi connectivity index (χ4v) is 0. The van der Waals surface area contributed by atoms with E-state index in [0.717, 1.165) is 0 Å². The number of rotatable bonds is 0. The summed E-state index contributed by atoms with van der Waals surface area (Å²) in [6, 6.07) is 0. The summed E-state index contributed by atoms with van der Waals surface area (Å²) in [5.74, 6) is 0. The molecular formula is H17Cl3O7Ru. The van der Waals surface area contributed by atoms with Gasteiger partial charge in [0.2, 0.25) is 0 Å². The predicted octanol–water partition coefficient (Wildman–Crippen LogP) is -4.51. The molecule has 88 valence electrons. The summed E-state index contributed by atoms with van der Waals surface area (Å²) >= 11 is 0. The molecule has 0 unspecified atom stereocenters. The number of halogens is 3.